The number of methoxy groups -OCH3 is 1. The van der Waals surface area contributed by atoms with Crippen LogP contribution in [0.3, 0.4) is 0 Å². The fourth-order valence-electron chi connectivity index (χ4n) is 2.19. The highest BCUT2D eigenvalue weighted by Crippen LogP contribution is 2.28. The number of nitrogens with zero attached hydrogens (tertiary/aromatic N) is 2. The number of ether oxygens (including phenoxy) is 1. The van der Waals surface area contributed by atoms with E-state index >= 15 is 0 Å². The van der Waals surface area contributed by atoms with Gasteiger partial charge in [-0.2, -0.15) is 5.10 Å². The number of benzene rings is 2. The van der Waals surface area contributed by atoms with Gasteiger partial charge in [0.05, 0.1) is 19.1 Å². The molecule has 0 saturated heterocycles. The molecule has 1 amide bonds. The van der Waals surface area contributed by atoms with Crippen molar-refractivity contribution in [2.45, 2.75) is 14.4 Å². The third kappa shape index (κ3) is 6.48. The fraction of sp³-hybridized carbons (Fsp3) is 0.158. The second kappa shape index (κ2) is 10.8. The quantitative estimate of drug-likeness (QED) is 0.308. The predicted octanol–water partition coefficient (Wildman–Crippen LogP) is 2.57. The maximum absolute atomic E-state index is 12.0. The van der Waals surface area contributed by atoms with Crippen LogP contribution >= 0.6 is 34.9 Å². The predicted molar refractivity (Wildman–Crippen MR) is 114 cm³/mol. The SMILES string of the molecule is COc1cccc(/C=N/NC(=O)CSc2n[nH+]c(SCc3ccccc3)s2)c1[O-]. The van der Waals surface area contributed by atoms with Gasteiger partial charge in [-0.3, -0.25) is 4.79 Å². The minimum atomic E-state index is -0.282. The number of rotatable bonds is 9. The molecule has 3 rings (SSSR count). The summed E-state index contributed by atoms with van der Waals surface area (Å²) in [4.78, 5) is 11.9. The monoisotopic (exact) mass is 446 g/mol. The molecular formula is C19H18N4O3S3. The van der Waals surface area contributed by atoms with Gasteiger partial charge < -0.3 is 9.84 Å². The number of hydrogen-bond donors (Lipinski definition) is 1. The smallest absolute Gasteiger partial charge is 0.323 e. The lowest BCUT2D eigenvalue weighted by Crippen LogP contribution is -2.19. The molecule has 0 radical (unpaired) electrons. The van der Waals surface area contributed by atoms with E-state index in [-0.39, 0.29) is 23.2 Å². The molecule has 10 heteroatoms. The summed E-state index contributed by atoms with van der Waals surface area (Å²) in [5.74, 6) is 0.697. The lowest BCUT2D eigenvalue weighted by Gasteiger charge is -2.14. The molecule has 1 heterocycles. The minimum absolute atomic E-state index is 0.170. The topological polar surface area (TPSA) is 101 Å². The first-order valence-corrected chi connectivity index (χ1v) is 11.3. The molecule has 0 spiro atoms. The molecule has 150 valence electrons. The number of thioether (sulfide) groups is 2. The summed E-state index contributed by atoms with van der Waals surface area (Å²) in [6.45, 7) is 0. The van der Waals surface area contributed by atoms with Crippen LogP contribution in [-0.4, -0.2) is 30.1 Å². The van der Waals surface area contributed by atoms with E-state index in [1.807, 2.05) is 18.2 Å². The fourth-order valence-corrected chi connectivity index (χ4v) is 5.03. The third-order valence-corrected chi connectivity index (χ3v) is 6.91. The van der Waals surface area contributed by atoms with Crippen LogP contribution in [-0.2, 0) is 10.5 Å². The van der Waals surface area contributed by atoms with Crippen molar-refractivity contribution in [3.63, 3.8) is 0 Å². The van der Waals surface area contributed by atoms with Crippen molar-refractivity contribution in [3.05, 3.63) is 59.7 Å². The number of carbonyl (C=O) groups is 1. The number of para-hydroxylation sites is 1. The number of H-pyrrole nitrogens is 1. The average molecular weight is 447 g/mol. The highest BCUT2D eigenvalue weighted by molar-refractivity contribution is 8.03. The Morgan fingerprint density at radius 3 is 2.90 bits per heavy atom. The van der Waals surface area contributed by atoms with Crippen molar-refractivity contribution >= 4 is 47.0 Å². The van der Waals surface area contributed by atoms with E-state index in [1.165, 1.54) is 42.0 Å². The Kier molecular flexibility index (Phi) is 7.91. The highest BCUT2D eigenvalue weighted by atomic mass is 32.2. The zero-order chi connectivity index (χ0) is 20.5. The van der Waals surface area contributed by atoms with Crippen molar-refractivity contribution < 1.29 is 19.7 Å². The third-order valence-electron chi connectivity index (χ3n) is 3.58. The normalized spacial score (nSPS) is 10.9. The Balaban J connectivity index is 1.43. The molecule has 0 saturated carbocycles. The standard InChI is InChI=1S/C19H18N4O3S3/c1-26-15-9-5-8-14(17(15)25)10-20-21-16(24)12-28-19-23-22-18(29-19)27-11-13-6-3-2-4-7-13/h2-10,25H,11-12H2,1H3,(H,21,24)/b20-10+. The summed E-state index contributed by atoms with van der Waals surface area (Å²) in [5.41, 5.74) is 3.99. The molecule has 0 atom stereocenters. The Morgan fingerprint density at radius 2 is 2.10 bits per heavy atom. The molecule has 0 fully saturated rings. The Morgan fingerprint density at radius 1 is 1.28 bits per heavy atom. The van der Waals surface area contributed by atoms with Gasteiger partial charge >= 0.3 is 4.34 Å². The zero-order valence-electron chi connectivity index (χ0n) is 15.5. The summed E-state index contributed by atoms with van der Waals surface area (Å²) < 4.78 is 6.72. The maximum Gasteiger partial charge on any atom is 0.323 e. The Labute approximate surface area is 180 Å². The number of hydrazone groups is 1. The van der Waals surface area contributed by atoms with E-state index in [2.05, 4.69) is 32.9 Å². The maximum atomic E-state index is 12.0. The van der Waals surface area contributed by atoms with Crippen LogP contribution < -0.4 is 20.4 Å². The molecule has 0 aliphatic rings. The summed E-state index contributed by atoms with van der Waals surface area (Å²) in [6.07, 6.45) is 1.31. The van der Waals surface area contributed by atoms with Crippen LogP contribution in [0.5, 0.6) is 11.5 Å². The molecule has 0 bridgehead atoms. The number of nitrogens with one attached hydrogen (secondary N) is 2. The van der Waals surface area contributed by atoms with Gasteiger partial charge in [0.2, 0.25) is 4.34 Å². The number of amides is 1. The number of carbonyl (C=O) groups excluding carboxylic acids is 1. The van der Waals surface area contributed by atoms with E-state index in [1.54, 1.807) is 30.0 Å². The van der Waals surface area contributed by atoms with Crippen LogP contribution in [0.15, 0.2) is 62.3 Å². The second-order valence-corrected chi connectivity index (χ2v) is 9.08. The van der Waals surface area contributed by atoms with Crippen LogP contribution in [0.4, 0.5) is 0 Å². The lowest BCUT2D eigenvalue weighted by molar-refractivity contribution is -0.492. The summed E-state index contributed by atoms with van der Waals surface area (Å²) in [5, 5.41) is 23.0. The van der Waals surface area contributed by atoms with E-state index < -0.39 is 0 Å². The van der Waals surface area contributed by atoms with Gasteiger partial charge in [-0.25, -0.2) is 5.43 Å². The van der Waals surface area contributed by atoms with Gasteiger partial charge in [0, 0.05) is 10.9 Å². The molecule has 1 aromatic heterocycles. The molecule has 2 N–H and O–H groups in total. The average Bonchev–Trinajstić information content (AvgIpc) is 3.21. The van der Waals surface area contributed by atoms with E-state index in [0.29, 0.717) is 5.56 Å². The second-order valence-electron chi connectivity index (χ2n) is 5.61. The largest absolute Gasteiger partial charge is 0.870 e. The molecule has 2 aromatic carbocycles. The summed E-state index contributed by atoms with van der Waals surface area (Å²) >= 11 is 4.50. The molecule has 0 aliphatic heterocycles. The van der Waals surface area contributed by atoms with Crippen molar-refractivity contribution in [1.82, 2.24) is 10.5 Å². The number of aromatic amines is 1. The van der Waals surface area contributed by atoms with E-state index in [9.17, 15) is 9.90 Å². The summed E-state index contributed by atoms with van der Waals surface area (Å²) in [6, 6.07) is 15.0. The highest BCUT2D eigenvalue weighted by Gasteiger charge is 2.13. The first kappa shape index (κ1) is 21.2. The molecular weight excluding hydrogens is 428 g/mol. The molecule has 29 heavy (non-hydrogen) atoms. The molecule has 3 aromatic rings. The molecule has 0 unspecified atom stereocenters. The van der Waals surface area contributed by atoms with Crippen molar-refractivity contribution in [1.29, 1.82) is 0 Å². The van der Waals surface area contributed by atoms with E-state index in [0.717, 1.165) is 14.4 Å². The Hall–Kier alpha value is -2.56. The van der Waals surface area contributed by atoms with Gasteiger partial charge in [-0.1, -0.05) is 65.1 Å². The van der Waals surface area contributed by atoms with Gasteiger partial charge in [-0.15, -0.1) is 0 Å². The molecule has 0 aliphatic carbocycles. The first-order valence-electron chi connectivity index (χ1n) is 8.49. The van der Waals surface area contributed by atoms with Gasteiger partial charge in [0.1, 0.15) is 5.75 Å². The summed E-state index contributed by atoms with van der Waals surface area (Å²) in [7, 11) is 1.43. The van der Waals surface area contributed by atoms with Crippen LogP contribution in [0.2, 0.25) is 0 Å². The van der Waals surface area contributed by atoms with Crippen molar-refractivity contribution in [3.8, 4) is 11.5 Å². The van der Waals surface area contributed by atoms with Gasteiger partial charge in [-0.05, 0) is 40.3 Å². The van der Waals surface area contributed by atoms with Crippen molar-refractivity contribution in [2.24, 2.45) is 5.10 Å². The van der Waals surface area contributed by atoms with Gasteiger partial charge in [0.15, 0.2) is 0 Å². The first-order chi connectivity index (χ1) is 14.2. The van der Waals surface area contributed by atoms with Crippen molar-refractivity contribution in [2.75, 3.05) is 12.9 Å². The van der Waals surface area contributed by atoms with Crippen LogP contribution in [0, 0.1) is 0 Å². The number of aromatic nitrogens is 2. The number of hydrogen-bond acceptors (Lipinski definition) is 8. The Bertz CT molecular complexity index is 980. The van der Waals surface area contributed by atoms with E-state index in [4.69, 9.17) is 4.74 Å². The zero-order valence-corrected chi connectivity index (χ0v) is 17.9. The van der Waals surface area contributed by atoms with Gasteiger partial charge in [0.25, 0.3) is 5.91 Å². The lowest BCUT2D eigenvalue weighted by atomic mass is 10.2. The van der Waals surface area contributed by atoms with Crippen LogP contribution in [0.25, 0.3) is 0 Å². The minimum Gasteiger partial charge on any atom is -0.870 e. The molecule has 7 nitrogen and oxygen atoms in total. The van der Waals surface area contributed by atoms with Crippen LogP contribution in [0.1, 0.15) is 11.1 Å².